The number of hydrogen-bond donors (Lipinski definition) is 0. The molecule has 0 heterocycles. The van der Waals surface area contributed by atoms with Crippen molar-refractivity contribution in [2.75, 3.05) is 0 Å². The quantitative estimate of drug-likeness (QED) is 0.592. The lowest BCUT2D eigenvalue weighted by Gasteiger charge is -2.04. The van der Waals surface area contributed by atoms with Gasteiger partial charge >= 0.3 is 0 Å². The van der Waals surface area contributed by atoms with Gasteiger partial charge in [-0.25, -0.2) is 8.42 Å². The Morgan fingerprint density at radius 3 is 1.78 bits per heavy atom. The first kappa shape index (κ1) is 8.69. The van der Waals surface area contributed by atoms with Gasteiger partial charge in [0.15, 0.2) is 9.84 Å². The van der Waals surface area contributed by atoms with E-state index in [-0.39, 0.29) is 10.2 Å². The Bertz CT molecular complexity index is 199. The predicted molar refractivity (Wildman–Crippen MR) is 38.9 cm³/mol. The van der Waals surface area contributed by atoms with Gasteiger partial charge in [0, 0.05) is 4.91 Å². The predicted octanol–water partition coefficient (Wildman–Crippen LogP) is 1.34. The molecule has 0 atom stereocenters. The molecule has 0 aliphatic carbocycles. The monoisotopic (exact) mass is 148 g/mol. The van der Waals surface area contributed by atoms with E-state index in [2.05, 4.69) is 6.58 Å². The van der Waals surface area contributed by atoms with Crippen LogP contribution in [-0.2, 0) is 9.84 Å². The van der Waals surface area contributed by atoms with Crippen molar-refractivity contribution in [1.82, 2.24) is 0 Å². The summed E-state index contributed by atoms with van der Waals surface area (Å²) in [5.74, 6) is 0. The van der Waals surface area contributed by atoms with E-state index in [9.17, 15) is 8.42 Å². The lowest BCUT2D eigenvalue weighted by Crippen LogP contribution is -2.13. The molecule has 0 rings (SSSR count). The molecule has 0 aromatic rings. The number of sulfone groups is 1. The minimum Gasteiger partial charge on any atom is -0.224 e. The van der Waals surface area contributed by atoms with E-state index in [4.69, 9.17) is 0 Å². The van der Waals surface area contributed by atoms with Crippen molar-refractivity contribution in [3.05, 3.63) is 11.5 Å². The molecule has 0 bridgehead atoms. The highest BCUT2D eigenvalue weighted by molar-refractivity contribution is 7.95. The summed E-state index contributed by atoms with van der Waals surface area (Å²) in [6.07, 6.45) is 0. The molecule has 0 saturated heterocycles. The fourth-order valence-electron chi connectivity index (χ4n) is 0.402. The zero-order chi connectivity index (χ0) is 7.65. The van der Waals surface area contributed by atoms with Crippen molar-refractivity contribution in [3.63, 3.8) is 0 Å². The number of rotatable bonds is 2. The van der Waals surface area contributed by atoms with Gasteiger partial charge in [0.2, 0.25) is 0 Å². The van der Waals surface area contributed by atoms with Crippen LogP contribution in [0.25, 0.3) is 0 Å². The molecule has 0 aromatic carbocycles. The minimum absolute atomic E-state index is 0.248. The standard InChI is InChI=1S/C6H12O2S/c1-5(2)9(7,8)6(3)4/h6H,1H2,2-4H3. The van der Waals surface area contributed by atoms with Crippen LogP contribution in [0.1, 0.15) is 20.8 Å². The zero-order valence-electron chi connectivity index (χ0n) is 6.01. The molecule has 0 fully saturated rings. The Kier molecular flexibility index (Phi) is 2.43. The summed E-state index contributed by atoms with van der Waals surface area (Å²) in [7, 11) is -3.01. The Morgan fingerprint density at radius 1 is 1.44 bits per heavy atom. The molecular weight excluding hydrogens is 136 g/mol. The summed E-state index contributed by atoms with van der Waals surface area (Å²) in [6, 6.07) is 0. The summed E-state index contributed by atoms with van der Waals surface area (Å²) in [6.45, 7) is 8.16. The SMILES string of the molecule is C=C(C)S(=O)(=O)C(C)C. The van der Waals surface area contributed by atoms with Gasteiger partial charge in [0.05, 0.1) is 5.25 Å². The molecule has 0 amide bonds. The maximum Gasteiger partial charge on any atom is 0.176 e. The van der Waals surface area contributed by atoms with E-state index >= 15 is 0 Å². The number of hydrogen-bond acceptors (Lipinski definition) is 2. The molecular formula is C6H12O2S. The first-order chi connectivity index (χ1) is 3.89. The van der Waals surface area contributed by atoms with Crippen molar-refractivity contribution in [1.29, 1.82) is 0 Å². The molecule has 2 nitrogen and oxygen atoms in total. The Hall–Kier alpha value is -0.310. The highest BCUT2D eigenvalue weighted by atomic mass is 32.2. The lowest BCUT2D eigenvalue weighted by molar-refractivity contribution is 0.594. The largest absolute Gasteiger partial charge is 0.224 e. The van der Waals surface area contributed by atoms with Crippen molar-refractivity contribution < 1.29 is 8.42 Å². The fraction of sp³-hybridized carbons (Fsp3) is 0.667. The molecule has 9 heavy (non-hydrogen) atoms. The van der Waals surface area contributed by atoms with Crippen LogP contribution in [-0.4, -0.2) is 13.7 Å². The molecule has 0 spiro atoms. The van der Waals surface area contributed by atoms with Crippen LogP contribution in [0.3, 0.4) is 0 Å². The van der Waals surface area contributed by atoms with Crippen molar-refractivity contribution in [2.45, 2.75) is 26.0 Å². The summed E-state index contributed by atoms with van der Waals surface area (Å²) >= 11 is 0. The average Bonchev–Trinajstić information content (AvgIpc) is 1.65. The third-order valence-electron chi connectivity index (χ3n) is 1.11. The Labute approximate surface area is 56.5 Å². The van der Waals surface area contributed by atoms with E-state index in [0.29, 0.717) is 0 Å². The summed E-state index contributed by atoms with van der Waals surface area (Å²) in [4.78, 5) is 0.248. The molecule has 0 aliphatic rings. The topological polar surface area (TPSA) is 34.1 Å². The molecule has 0 aliphatic heterocycles. The van der Waals surface area contributed by atoms with Crippen LogP contribution < -0.4 is 0 Å². The summed E-state index contributed by atoms with van der Waals surface area (Å²) in [5, 5.41) is -0.338. The van der Waals surface area contributed by atoms with E-state index < -0.39 is 9.84 Å². The average molecular weight is 148 g/mol. The van der Waals surface area contributed by atoms with Crippen LogP contribution >= 0.6 is 0 Å². The minimum atomic E-state index is -3.01. The van der Waals surface area contributed by atoms with E-state index in [0.717, 1.165) is 0 Å². The van der Waals surface area contributed by atoms with Crippen molar-refractivity contribution in [2.24, 2.45) is 0 Å². The maximum absolute atomic E-state index is 10.9. The lowest BCUT2D eigenvalue weighted by atomic mass is 10.6. The van der Waals surface area contributed by atoms with Crippen LogP contribution in [0.2, 0.25) is 0 Å². The van der Waals surface area contributed by atoms with Gasteiger partial charge in [-0.2, -0.15) is 0 Å². The molecule has 0 saturated carbocycles. The van der Waals surface area contributed by atoms with E-state index in [1.54, 1.807) is 13.8 Å². The van der Waals surface area contributed by atoms with Gasteiger partial charge in [-0.15, -0.1) is 0 Å². The van der Waals surface area contributed by atoms with Gasteiger partial charge in [-0.05, 0) is 20.8 Å². The van der Waals surface area contributed by atoms with Gasteiger partial charge in [0.25, 0.3) is 0 Å². The van der Waals surface area contributed by atoms with Crippen LogP contribution in [0.5, 0.6) is 0 Å². The molecule has 54 valence electrons. The Morgan fingerprint density at radius 2 is 1.78 bits per heavy atom. The second-order valence-corrected chi connectivity index (χ2v) is 5.03. The third kappa shape index (κ3) is 1.82. The molecule has 0 radical (unpaired) electrons. The first-order valence-electron chi connectivity index (χ1n) is 2.78. The highest BCUT2D eigenvalue weighted by Gasteiger charge is 2.15. The molecule has 0 N–H and O–H groups in total. The Balaban J connectivity index is 4.63. The van der Waals surface area contributed by atoms with E-state index in [1.165, 1.54) is 6.92 Å². The highest BCUT2D eigenvalue weighted by Crippen LogP contribution is 2.08. The summed E-state index contributed by atoms with van der Waals surface area (Å²) < 4.78 is 21.9. The zero-order valence-corrected chi connectivity index (χ0v) is 6.83. The number of allylic oxidation sites excluding steroid dienone is 1. The maximum atomic E-state index is 10.9. The third-order valence-corrected chi connectivity index (χ3v) is 3.32. The fourth-order valence-corrected chi connectivity index (χ4v) is 1.21. The van der Waals surface area contributed by atoms with Gasteiger partial charge in [-0.3, -0.25) is 0 Å². The summed E-state index contributed by atoms with van der Waals surface area (Å²) in [5.41, 5.74) is 0. The molecule has 0 unspecified atom stereocenters. The van der Waals surface area contributed by atoms with Crippen LogP contribution in [0.4, 0.5) is 0 Å². The van der Waals surface area contributed by atoms with Gasteiger partial charge in [-0.1, -0.05) is 6.58 Å². The first-order valence-corrected chi connectivity index (χ1v) is 4.33. The van der Waals surface area contributed by atoms with Crippen LogP contribution in [0.15, 0.2) is 11.5 Å². The smallest absolute Gasteiger partial charge is 0.176 e. The second kappa shape index (κ2) is 2.52. The normalized spacial score (nSPS) is 12.0. The van der Waals surface area contributed by atoms with Crippen molar-refractivity contribution in [3.8, 4) is 0 Å². The van der Waals surface area contributed by atoms with E-state index in [1.807, 2.05) is 0 Å². The van der Waals surface area contributed by atoms with Gasteiger partial charge in [0.1, 0.15) is 0 Å². The van der Waals surface area contributed by atoms with Crippen molar-refractivity contribution >= 4 is 9.84 Å². The second-order valence-electron chi connectivity index (χ2n) is 2.30. The van der Waals surface area contributed by atoms with Gasteiger partial charge < -0.3 is 0 Å². The molecule has 0 aromatic heterocycles. The van der Waals surface area contributed by atoms with Crippen LogP contribution in [0, 0.1) is 0 Å². The molecule has 3 heteroatoms.